The fourth-order valence-electron chi connectivity index (χ4n) is 2.99. The van der Waals surface area contributed by atoms with E-state index in [0.717, 1.165) is 6.20 Å². The van der Waals surface area contributed by atoms with Crippen molar-refractivity contribution in [3.05, 3.63) is 67.4 Å². The van der Waals surface area contributed by atoms with Gasteiger partial charge in [0.1, 0.15) is 36.9 Å². The van der Waals surface area contributed by atoms with Gasteiger partial charge < -0.3 is 9.05 Å². The van der Waals surface area contributed by atoms with Gasteiger partial charge in [0.05, 0.1) is 9.85 Å². The van der Waals surface area contributed by atoms with Crippen LogP contribution in [0.3, 0.4) is 0 Å². The highest BCUT2D eigenvalue weighted by Crippen LogP contribution is 2.17. The van der Waals surface area contributed by atoms with Gasteiger partial charge in [-0.1, -0.05) is 24.2 Å². The Morgan fingerprint density at radius 3 is 1.87 bits per heavy atom. The van der Waals surface area contributed by atoms with Crippen LogP contribution < -0.4 is 0 Å². The molecular formula is C20H22N10O8. The summed E-state index contributed by atoms with van der Waals surface area (Å²) in [5.74, 6) is -0.122. The number of aryl methyl sites for hydroxylation is 1. The van der Waals surface area contributed by atoms with E-state index in [1.807, 2.05) is 0 Å². The minimum atomic E-state index is -0.513. The van der Waals surface area contributed by atoms with Crippen molar-refractivity contribution in [1.29, 1.82) is 0 Å². The van der Waals surface area contributed by atoms with Gasteiger partial charge in [-0.2, -0.15) is 20.2 Å². The molecule has 0 unspecified atom stereocenters. The second-order valence-electron chi connectivity index (χ2n) is 7.67. The molecule has 4 aromatic rings. The molecule has 0 saturated carbocycles. The summed E-state index contributed by atoms with van der Waals surface area (Å²) >= 11 is 0. The summed E-state index contributed by atoms with van der Waals surface area (Å²) < 4.78 is 12.3. The largest absolute Gasteiger partial charge is 0.331 e. The molecule has 0 aliphatic rings. The zero-order valence-corrected chi connectivity index (χ0v) is 20.7. The molecule has 0 saturated heterocycles. The number of hydrogen-bond acceptors (Lipinski definition) is 14. The van der Waals surface area contributed by atoms with Crippen LogP contribution >= 0.6 is 0 Å². The molecule has 0 aromatic carbocycles. The lowest BCUT2D eigenvalue weighted by atomic mass is 10.3. The Kier molecular flexibility index (Phi) is 8.46. The summed E-state index contributed by atoms with van der Waals surface area (Å²) in [6, 6.07) is 0. The Hall–Kier alpha value is -5.16. The number of ketones is 2. The molecule has 18 heteroatoms. The third kappa shape index (κ3) is 6.33. The van der Waals surface area contributed by atoms with Crippen molar-refractivity contribution >= 4 is 22.9 Å². The minimum Gasteiger partial charge on any atom is -0.331 e. The van der Waals surface area contributed by atoms with E-state index in [1.165, 1.54) is 22.5 Å². The smallest absolute Gasteiger partial charge is 0.309 e. The van der Waals surface area contributed by atoms with Crippen LogP contribution in [0, 0.1) is 34.1 Å². The van der Waals surface area contributed by atoms with E-state index in [0.29, 0.717) is 11.4 Å². The van der Waals surface area contributed by atoms with Gasteiger partial charge in [-0.05, 0) is 13.8 Å². The molecular weight excluding hydrogens is 508 g/mol. The van der Waals surface area contributed by atoms with Gasteiger partial charge in [0.15, 0.2) is 11.6 Å². The molecule has 0 N–H and O–H groups in total. The Morgan fingerprint density at radius 1 is 0.895 bits per heavy atom. The molecule has 200 valence electrons. The first-order valence-electron chi connectivity index (χ1n) is 11.1. The lowest BCUT2D eigenvalue weighted by molar-refractivity contribution is -0.385. The molecule has 18 nitrogen and oxygen atoms in total. The van der Waals surface area contributed by atoms with Crippen LogP contribution in [-0.2, 0) is 13.1 Å². The fourth-order valence-corrected chi connectivity index (χ4v) is 2.99. The summed E-state index contributed by atoms with van der Waals surface area (Å²) in [6.07, 6.45) is 2.99. The van der Waals surface area contributed by atoms with Crippen LogP contribution in [0.1, 0.15) is 71.1 Å². The Morgan fingerprint density at radius 2 is 1.42 bits per heavy atom. The predicted molar refractivity (Wildman–Crippen MR) is 123 cm³/mol. The lowest BCUT2D eigenvalue weighted by Gasteiger charge is -1.98. The van der Waals surface area contributed by atoms with Crippen molar-refractivity contribution in [1.82, 2.24) is 39.8 Å². The molecule has 4 rings (SSSR count). The van der Waals surface area contributed by atoms with Crippen molar-refractivity contribution < 1.29 is 28.5 Å². The Bertz CT molecular complexity index is 1470. The second kappa shape index (κ2) is 11.7. The number of carbonyl (C=O) groups is 2. The summed E-state index contributed by atoms with van der Waals surface area (Å²) in [7, 11) is 0. The lowest BCUT2D eigenvalue weighted by Crippen LogP contribution is -2.06. The normalized spacial score (nSPS) is 10.6. The third-order valence-corrected chi connectivity index (χ3v) is 5.04. The number of nitro groups is 2. The summed E-state index contributed by atoms with van der Waals surface area (Å²) in [4.78, 5) is 50.8. The van der Waals surface area contributed by atoms with Crippen molar-refractivity contribution in [3.8, 4) is 0 Å². The minimum absolute atomic E-state index is 0.0585. The van der Waals surface area contributed by atoms with E-state index in [4.69, 9.17) is 9.05 Å². The summed E-state index contributed by atoms with van der Waals surface area (Å²) in [5.41, 5.74) is 0.540. The van der Waals surface area contributed by atoms with E-state index in [1.54, 1.807) is 20.8 Å². The highest BCUT2D eigenvalue weighted by atomic mass is 16.6. The Labute approximate surface area is 212 Å². The predicted octanol–water partition coefficient (Wildman–Crippen LogP) is 2.25. The van der Waals surface area contributed by atoms with Gasteiger partial charge in [-0.15, -0.1) is 0 Å². The molecule has 4 heterocycles. The molecule has 0 radical (unpaired) electrons. The first kappa shape index (κ1) is 27.4. The number of aromatic nitrogens is 8. The maximum Gasteiger partial charge on any atom is 0.309 e. The van der Waals surface area contributed by atoms with E-state index in [-0.39, 0.29) is 72.3 Å². The number of nitrogens with zero attached hydrogens (tertiary/aromatic N) is 10. The van der Waals surface area contributed by atoms with E-state index < -0.39 is 9.85 Å². The van der Waals surface area contributed by atoms with Crippen molar-refractivity contribution in [2.75, 3.05) is 0 Å². The first-order valence-corrected chi connectivity index (χ1v) is 11.1. The molecule has 0 aliphatic heterocycles. The quantitative estimate of drug-likeness (QED) is 0.162. The van der Waals surface area contributed by atoms with Crippen LogP contribution in [0.5, 0.6) is 0 Å². The molecule has 0 bridgehead atoms. The van der Waals surface area contributed by atoms with Crippen LogP contribution in [0.2, 0.25) is 0 Å². The molecule has 0 spiro atoms. The third-order valence-electron chi connectivity index (χ3n) is 5.04. The van der Waals surface area contributed by atoms with Crippen LogP contribution in [0.15, 0.2) is 21.4 Å². The maximum absolute atomic E-state index is 11.3. The SMILES string of the molecule is CCC(=O)c1nc(Cn2cc([N+](=O)[O-])c(C)n2)no1.CCC(=O)c1nc(Cn2ncc([N+](=O)[O-])c2C)no1. The first-order chi connectivity index (χ1) is 18.0. The molecule has 0 fully saturated rings. The van der Waals surface area contributed by atoms with Gasteiger partial charge in [0.25, 0.3) is 11.8 Å². The number of Topliss-reactive ketones (excluding diaryl/α,β-unsaturated/α-hetero) is 2. The number of rotatable bonds is 10. The number of hydrogen-bond donors (Lipinski definition) is 0. The van der Waals surface area contributed by atoms with Crippen LogP contribution in [0.25, 0.3) is 0 Å². The van der Waals surface area contributed by atoms with E-state index in [9.17, 15) is 29.8 Å². The highest BCUT2D eigenvalue weighted by molar-refractivity contribution is 5.91. The van der Waals surface area contributed by atoms with Crippen molar-refractivity contribution in [3.63, 3.8) is 0 Å². The Balaban J connectivity index is 0.000000211. The fraction of sp³-hybridized carbons (Fsp3) is 0.400. The van der Waals surface area contributed by atoms with Crippen molar-refractivity contribution in [2.24, 2.45) is 0 Å². The molecule has 38 heavy (non-hydrogen) atoms. The number of carbonyl (C=O) groups excluding carboxylic acids is 2. The van der Waals surface area contributed by atoms with E-state index in [2.05, 4.69) is 30.5 Å². The van der Waals surface area contributed by atoms with Gasteiger partial charge in [-0.25, -0.2) is 0 Å². The van der Waals surface area contributed by atoms with Crippen LogP contribution in [-0.4, -0.2) is 61.3 Å². The van der Waals surface area contributed by atoms with Gasteiger partial charge in [0, 0.05) is 12.8 Å². The monoisotopic (exact) mass is 530 g/mol. The van der Waals surface area contributed by atoms with Gasteiger partial charge in [0.2, 0.25) is 11.6 Å². The highest BCUT2D eigenvalue weighted by Gasteiger charge is 2.20. The van der Waals surface area contributed by atoms with Crippen LogP contribution in [0.4, 0.5) is 11.4 Å². The van der Waals surface area contributed by atoms with Gasteiger partial charge in [-0.3, -0.25) is 39.2 Å². The molecule has 0 amide bonds. The van der Waals surface area contributed by atoms with Gasteiger partial charge >= 0.3 is 11.4 Å². The second-order valence-corrected chi connectivity index (χ2v) is 7.67. The van der Waals surface area contributed by atoms with E-state index >= 15 is 0 Å². The molecule has 0 aliphatic carbocycles. The standard InChI is InChI=1S/2C10H11N5O4/c1-3-8(16)10-11-9(13-19-10)5-14-4-7(15(17)18)6(2)12-14;1-3-8(16)10-12-9(13-19-10)5-14-6(2)7(4-11-14)15(17)18/h2*4H,3,5H2,1-2H3. The topological polar surface area (TPSA) is 234 Å². The summed E-state index contributed by atoms with van der Waals surface area (Å²) in [6.45, 7) is 6.70. The maximum atomic E-state index is 11.3. The average Bonchev–Trinajstić information content (AvgIpc) is 3.67. The molecule has 4 aromatic heterocycles. The zero-order valence-electron chi connectivity index (χ0n) is 20.7. The zero-order chi connectivity index (χ0) is 28.0. The molecule has 0 atom stereocenters. The van der Waals surface area contributed by atoms with Crippen molar-refractivity contribution in [2.45, 2.75) is 53.6 Å². The average molecular weight is 530 g/mol. The summed E-state index contributed by atoms with van der Waals surface area (Å²) in [5, 5.41) is 36.5.